The van der Waals surface area contributed by atoms with Crippen LogP contribution in [0.1, 0.15) is 19.4 Å². The molecule has 0 aliphatic carbocycles. The van der Waals surface area contributed by atoms with Gasteiger partial charge in [-0.05, 0) is 19.4 Å². The van der Waals surface area contributed by atoms with Crippen molar-refractivity contribution in [3.63, 3.8) is 0 Å². The van der Waals surface area contributed by atoms with Gasteiger partial charge in [-0.1, -0.05) is 30.3 Å². The Kier molecular flexibility index (Phi) is 6.63. The predicted molar refractivity (Wildman–Crippen MR) is 86.9 cm³/mol. The number of carbonyl (C=O) groups excluding carboxylic acids is 2. The summed E-state index contributed by atoms with van der Waals surface area (Å²) in [6.07, 6.45) is -4.69. The summed E-state index contributed by atoms with van der Waals surface area (Å²) in [7, 11) is 0. The first kappa shape index (κ1) is 20.2. The Morgan fingerprint density at radius 1 is 1.08 bits per heavy atom. The lowest BCUT2D eigenvalue weighted by atomic mass is 9.90. The van der Waals surface area contributed by atoms with Gasteiger partial charge >= 0.3 is 18.1 Å². The summed E-state index contributed by atoms with van der Waals surface area (Å²) in [4.78, 5) is 25.6. The Labute approximate surface area is 150 Å². The maximum atomic E-state index is 13.8. The van der Waals surface area contributed by atoms with E-state index in [9.17, 15) is 22.8 Å². The van der Waals surface area contributed by atoms with Crippen molar-refractivity contribution in [3.8, 4) is 0 Å². The molecule has 26 heavy (non-hydrogen) atoms. The summed E-state index contributed by atoms with van der Waals surface area (Å²) in [5, 5.41) is 0. The van der Waals surface area contributed by atoms with Crippen LogP contribution in [-0.4, -0.2) is 48.8 Å². The molecule has 1 aromatic rings. The summed E-state index contributed by atoms with van der Waals surface area (Å²) in [6, 6.07) is 6.50. The van der Waals surface area contributed by atoms with Crippen LogP contribution in [0.4, 0.5) is 13.2 Å². The van der Waals surface area contributed by atoms with Crippen LogP contribution in [0.25, 0.3) is 0 Å². The zero-order valence-electron chi connectivity index (χ0n) is 14.7. The van der Waals surface area contributed by atoms with Crippen LogP contribution in [0.2, 0.25) is 0 Å². The predicted octanol–water partition coefficient (Wildman–Crippen LogP) is 2.79. The van der Waals surface area contributed by atoms with Crippen molar-refractivity contribution in [1.82, 2.24) is 4.90 Å². The first-order valence-corrected chi connectivity index (χ1v) is 8.47. The van der Waals surface area contributed by atoms with Gasteiger partial charge in [0.2, 0.25) is 0 Å². The fraction of sp³-hybridized carbons (Fsp3) is 0.556. The number of alkyl halides is 3. The van der Waals surface area contributed by atoms with E-state index in [0.29, 0.717) is 5.56 Å². The second-order valence-electron chi connectivity index (χ2n) is 6.04. The smallest absolute Gasteiger partial charge is 0.404 e. The molecule has 144 valence electrons. The number of carbonyl (C=O) groups is 2. The Morgan fingerprint density at radius 3 is 2.19 bits per heavy atom. The van der Waals surface area contributed by atoms with Gasteiger partial charge in [0.05, 0.1) is 25.0 Å². The first-order valence-electron chi connectivity index (χ1n) is 8.47. The van der Waals surface area contributed by atoms with E-state index in [2.05, 4.69) is 0 Å². The van der Waals surface area contributed by atoms with Crippen molar-refractivity contribution in [2.75, 3.05) is 19.8 Å². The van der Waals surface area contributed by atoms with E-state index in [0.717, 1.165) is 4.90 Å². The van der Waals surface area contributed by atoms with Gasteiger partial charge in [-0.25, -0.2) is 0 Å². The fourth-order valence-corrected chi connectivity index (χ4v) is 3.32. The number of nitrogens with zero attached hydrogens (tertiary/aromatic N) is 1. The van der Waals surface area contributed by atoms with E-state index in [-0.39, 0.29) is 26.3 Å². The summed E-state index contributed by atoms with van der Waals surface area (Å²) in [6.45, 7) is 2.79. The molecule has 0 radical (unpaired) electrons. The Morgan fingerprint density at radius 2 is 1.65 bits per heavy atom. The van der Waals surface area contributed by atoms with Crippen LogP contribution in [0.5, 0.6) is 0 Å². The fourth-order valence-electron chi connectivity index (χ4n) is 3.32. The minimum Gasteiger partial charge on any atom is -0.466 e. The Bertz CT molecular complexity index is 621. The SMILES string of the molecule is CCOC(=O)[C@@H]1[C@@H](C(=O)OCC)CN(Cc2ccccc2)[C@@H]1C(F)(F)F. The number of rotatable bonds is 6. The maximum Gasteiger partial charge on any atom is 0.404 e. The molecule has 1 aliphatic heterocycles. The molecule has 1 saturated heterocycles. The van der Waals surface area contributed by atoms with E-state index < -0.39 is 36.0 Å². The third-order valence-electron chi connectivity index (χ3n) is 4.31. The van der Waals surface area contributed by atoms with Gasteiger partial charge in [-0.15, -0.1) is 0 Å². The lowest BCUT2D eigenvalue weighted by Gasteiger charge is -2.29. The van der Waals surface area contributed by atoms with Crippen molar-refractivity contribution in [1.29, 1.82) is 0 Å². The van der Waals surface area contributed by atoms with Gasteiger partial charge in [0.25, 0.3) is 0 Å². The molecule has 5 nitrogen and oxygen atoms in total. The van der Waals surface area contributed by atoms with Crippen LogP contribution >= 0.6 is 0 Å². The summed E-state index contributed by atoms with van der Waals surface area (Å²) in [5.41, 5.74) is 0.661. The number of esters is 2. The molecular weight excluding hydrogens is 351 g/mol. The summed E-state index contributed by atoms with van der Waals surface area (Å²) < 4.78 is 51.1. The topological polar surface area (TPSA) is 55.8 Å². The third kappa shape index (κ3) is 4.55. The van der Waals surface area contributed by atoms with Gasteiger partial charge in [-0.2, -0.15) is 13.2 Å². The largest absolute Gasteiger partial charge is 0.466 e. The second-order valence-corrected chi connectivity index (χ2v) is 6.04. The van der Waals surface area contributed by atoms with E-state index >= 15 is 0 Å². The minimum absolute atomic E-state index is 0.0280. The van der Waals surface area contributed by atoms with Crippen molar-refractivity contribution in [2.45, 2.75) is 32.6 Å². The van der Waals surface area contributed by atoms with Gasteiger partial charge in [-0.3, -0.25) is 14.5 Å². The third-order valence-corrected chi connectivity index (χ3v) is 4.31. The monoisotopic (exact) mass is 373 g/mol. The Hall–Kier alpha value is -2.09. The molecule has 0 spiro atoms. The van der Waals surface area contributed by atoms with Gasteiger partial charge in [0.15, 0.2) is 0 Å². The molecule has 0 N–H and O–H groups in total. The van der Waals surface area contributed by atoms with E-state index in [1.165, 1.54) is 6.92 Å². The molecular formula is C18H22F3NO4. The lowest BCUT2D eigenvalue weighted by Crippen LogP contribution is -2.47. The number of halogens is 3. The molecule has 1 fully saturated rings. The van der Waals surface area contributed by atoms with Gasteiger partial charge in [0, 0.05) is 13.1 Å². The first-order chi connectivity index (χ1) is 12.3. The van der Waals surface area contributed by atoms with E-state index in [4.69, 9.17) is 9.47 Å². The zero-order chi connectivity index (χ0) is 19.3. The minimum atomic E-state index is -4.69. The molecule has 0 bridgehead atoms. The van der Waals surface area contributed by atoms with Crippen LogP contribution in [0.3, 0.4) is 0 Å². The van der Waals surface area contributed by atoms with Crippen molar-refractivity contribution in [3.05, 3.63) is 35.9 Å². The molecule has 0 amide bonds. The van der Waals surface area contributed by atoms with Crippen LogP contribution in [0.15, 0.2) is 30.3 Å². The van der Waals surface area contributed by atoms with Gasteiger partial charge in [0.1, 0.15) is 6.04 Å². The van der Waals surface area contributed by atoms with Crippen molar-refractivity contribution < 1.29 is 32.2 Å². The molecule has 1 aliphatic rings. The summed E-state index contributed by atoms with van der Waals surface area (Å²) >= 11 is 0. The van der Waals surface area contributed by atoms with Crippen LogP contribution in [0, 0.1) is 11.8 Å². The van der Waals surface area contributed by atoms with E-state index in [1.807, 2.05) is 0 Å². The standard InChI is InChI=1S/C18H22F3NO4/c1-3-25-16(23)13-11-22(10-12-8-6-5-7-9-12)15(18(19,20)21)14(13)17(24)26-4-2/h5-9,13-15H,3-4,10-11H2,1-2H3/t13-,14+,15-/m0/s1. The van der Waals surface area contributed by atoms with Crippen molar-refractivity contribution in [2.24, 2.45) is 11.8 Å². The maximum absolute atomic E-state index is 13.8. The quantitative estimate of drug-likeness (QED) is 0.718. The normalized spacial score (nSPS) is 23.7. The molecule has 0 saturated carbocycles. The number of ether oxygens (including phenoxy) is 2. The molecule has 8 heteroatoms. The highest BCUT2D eigenvalue weighted by Crippen LogP contribution is 2.41. The number of hydrogen-bond acceptors (Lipinski definition) is 5. The Balaban J connectivity index is 2.37. The van der Waals surface area contributed by atoms with Crippen LogP contribution < -0.4 is 0 Å². The molecule has 3 atom stereocenters. The highest BCUT2D eigenvalue weighted by atomic mass is 19.4. The lowest BCUT2D eigenvalue weighted by molar-refractivity contribution is -0.196. The van der Waals surface area contributed by atoms with Crippen LogP contribution in [-0.2, 0) is 25.6 Å². The molecule has 2 rings (SSSR count). The second kappa shape index (κ2) is 8.53. The molecule has 0 aromatic heterocycles. The summed E-state index contributed by atoms with van der Waals surface area (Å²) in [5.74, 6) is -4.69. The molecule has 1 heterocycles. The number of likely N-dealkylation sites (tertiary alicyclic amines) is 1. The highest BCUT2D eigenvalue weighted by Gasteiger charge is 2.60. The average molecular weight is 373 g/mol. The average Bonchev–Trinajstić information content (AvgIpc) is 2.96. The molecule has 1 aromatic carbocycles. The molecule has 0 unspecified atom stereocenters. The van der Waals surface area contributed by atoms with Gasteiger partial charge < -0.3 is 9.47 Å². The van der Waals surface area contributed by atoms with Crippen molar-refractivity contribution >= 4 is 11.9 Å². The highest BCUT2D eigenvalue weighted by molar-refractivity contribution is 5.84. The van der Waals surface area contributed by atoms with E-state index in [1.54, 1.807) is 37.3 Å². The number of hydrogen-bond donors (Lipinski definition) is 0. The zero-order valence-corrected chi connectivity index (χ0v) is 14.7. The number of benzene rings is 1.